The highest BCUT2D eigenvalue weighted by molar-refractivity contribution is 5.94. The van der Waals surface area contributed by atoms with Gasteiger partial charge in [0.15, 0.2) is 0 Å². The smallest absolute Gasteiger partial charge is 0.251 e. The molecule has 0 heterocycles. The molecule has 0 radical (unpaired) electrons. The van der Waals surface area contributed by atoms with E-state index in [9.17, 15) is 4.79 Å². The molecule has 0 atom stereocenters. The molecule has 0 aromatic heterocycles. The van der Waals surface area contributed by atoms with Crippen LogP contribution in [0, 0.1) is 0 Å². The molecule has 1 aromatic rings. The summed E-state index contributed by atoms with van der Waals surface area (Å²) in [6.45, 7) is 10.9. The van der Waals surface area contributed by atoms with Gasteiger partial charge in [-0.2, -0.15) is 0 Å². The largest absolute Gasteiger partial charge is 0.372 e. The molecular weight excluding hydrogens is 262 g/mol. The topological polar surface area (TPSA) is 44.4 Å². The van der Waals surface area contributed by atoms with Crippen LogP contribution in [0.1, 0.15) is 44.0 Å². The lowest BCUT2D eigenvalue weighted by Crippen LogP contribution is -2.31. The Balaban J connectivity index is 2.53. The van der Waals surface area contributed by atoms with Crippen molar-refractivity contribution in [1.82, 2.24) is 10.6 Å². The third-order valence-electron chi connectivity index (χ3n) is 3.50. The van der Waals surface area contributed by atoms with Crippen LogP contribution < -0.4 is 15.5 Å². The van der Waals surface area contributed by atoms with Crippen LogP contribution in [-0.2, 0) is 0 Å². The van der Waals surface area contributed by atoms with Gasteiger partial charge < -0.3 is 15.5 Å². The third kappa shape index (κ3) is 6.17. The zero-order valence-corrected chi connectivity index (χ0v) is 13.6. The first-order chi connectivity index (χ1) is 10.2. The van der Waals surface area contributed by atoms with Crippen LogP contribution in [0.25, 0.3) is 0 Å². The maximum absolute atomic E-state index is 12.0. The number of unbranched alkanes of at least 4 members (excludes halogenated alkanes) is 1. The predicted molar refractivity (Wildman–Crippen MR) is 90.1 cm³/mol. The minimum Gasteiger partial charge on any atom is -0.372 e. The van der Waals surface area contributed by atoms with E-state index in [1.165, 1.54) is 18.5 Å². The molecule has 118 valence electrons. The molecule has 0 spiro atoms. The van der Waals surface area contributed by atoms with Gasteiger partial charge in [0.2, 0.25) is 0 Å². The molecule has 4 nitrogen and oxygen atoms in total. The average Bonchev–Trinajstić information content (AvgIpc) is 2.52. The SMILES string of the molecule is CCCCN(CC)c1ccc(C(=O)NCCNCC)cc1. The summed E-state index contributed by atoms with van der Waals surface area (Å²) in [7, 11) is 0. The van der Waals surface area contributed by atoms with Crippen molar-refractivity contribution in [2.75, 3.05) is 37.6 Å². The van der Waals surface area contributed by atoms with Gasteiger partial charge in [0.1, 0.15) is 0 Å². The van der Waals surface area contributed by atoms with Crippen molar-refractivity contribution < 1.29 is 4.79 Å². The fraction of sp³-hybridized carbons (Fsp3) is 0.588. The van der Waals surface area contributed by atoms with Crippen LogP contribution >= 0.6 is 0 Å². The number of likely N-dealkylation sites (N-methyl/N-ethyl adjacent to an activating group) is 1. The Labute approximate surface area is 128 Å². The number of hydrogen-bond acceptors (Lipinski definition) is 3. The molecular formula is C17H29N3O. The van der Waals surface area contributed by atoms with Gasteiger partial charge in [0.05, 0.1) is 0 Å². The summed E-state index contributed by atoms with van der Waals surface area (Å²) >= 11 is 0. The molecule has 0 aliphatic heterocycles. The van der Waals surface area contributed by atoms with Crippen molar-refractivity contribution in [3.05, 3.63) is 29.8 Å². The highest BCUT2D eigenvalue weighted by Crippen LogP contribution is 2.15. The Hall–Kier alpha value is -1.55. The number of carbonyl (C=O) groups is 1. The fourth-order valence-electron chi connectivity index (χ4n) is 2.19. The minimum absolute atomic E-state index is 0.00365. The number of benzene rings is 1. The lowest BCUT2D eigenvalue weighted by Gasteiger charge is -2.23. The van der Waals surface area contributed by atoms with Gasteiger partial charge >= 0.3 is 0 Å². The number of rotatable bonds is 10. The normalized spacial score (nSPS) is 10.4. The predicted octanol–water partition coefficient (Wildman–Crippen LogP) is 2.65. The van der Waals surface area contributed by atoms with E-state index in [-0.39, 0.29) is 5.91 Å². The van der Waals surface area contributed by atoms with Crippen molar-refractivity contribution in [1.29, 1.82) is 0 Å². The monoisotopic (exact) mass is 291 g/mol. The van der Waals surface area contributed by atoms with E-state index in [4.69, 9.17) is 0 Å². The number of hydrogen-bond donors (Lipinski definition) is 2. The summed E-state index contributed by atoms with van der Waals surface area (Å²) in [5.74, 6) is -0.00365. The van der Waals surface area contributed by atoms with Crippen molar-refractivity contribution >= 4 is 11.6 Å². The Kier molecular flexibility index (Phi) is 8.51. The Bertz CT molecular complexity index is 403. The zero-order valence-electron chi connectivity index (χ0n) is 13.6. The van der Waals surface area contributed by atoms with Crippen LogP contribution in [0.15, 0.2) is 24.3 Å². The quantitative estimate of drug-likeness (QED) is 0.651. The second kappa shape index (κ2) is 10.2. The molecule has 0 fully saturated rings. The number of amides is 1. The molecule has 0 bridgehead atoms. The van der Waals surface area contributed by atoms with Crippen LogP contribution in [0.3, 0.4) is 0 Å². The van der Waals surface area contributed by atoms with E-state index in [0.29, 0.717) is 6.54 Å². The molecule has 21 heavy (non-hydrogen) atoms. The van der Waals surface area contributed by atoms with Gasteiger partial charge in [-0.15, -0.1) is 0 Å². The van der Waals surface area contributed by atoms with Crippen LogP contribution in [0.4, 0.5) is 5.69 Å². The Morgan fingerprint density at radius 3 is 2.38 bits per heavy atom. The van der Waals surface area contributed by atoms with Crippen molar-refractivity contribution in [3.63, 3.8) is 0 Å². The molecule has 0 aliphatic carbocycles. The first-order valence-electron chi connectivity index (χ1n) is 8.06. The maximum Gasteiger partial charge on any atom is 0.251 e. The van der Waals surface area contributed by atoms with Crippen molar-refractivity contribution in [3.8, 4) is 0 Å². The zero-order chi connectivity index (χ0) is 15.5. The molecule has 1 amide bonds. The maximum atomic E-state index is 12.0. The van der Waals surface area contributed by atoms with Crippen molar-refractivity contribution in [2.45, 2.75) is 33.6 Å². The second-order valence-corrected chi connectivity index (χ2v) is 5.09. The summed E-state index contributed by atoms with van der Waals surface area (Å²) in [5, 5.41) is 6.10. The summed E-state index contributed by atoms with van der Waals surface area (Å²) < 4.78 is 0. The molecule has 0 saturated heterocycles. The van der Waals surface area contributed by atoms with E-state index >= 15 is 0 Å². The molecule has 4 heteroatoms. The summed E-state index contributed by atoms with van der Waals surface area (Å²) in [4.78, 5) is 14.3. The van der Waals surface area contributed by atoms with Gasteiger partial charge in [0.25, 0.3) is 5.91 Å². The van der Waals surface area contributed by atoms with Gasteiger partial charge in [-0.3, -0.25) is 4.79 Å². The highest BCUT2D eigenvalue weighted by atomic mass is 16.1. The lowest BCUT2D eigenvalue weighted by molar-refractivity contribution is 0.0954. The summed E-state index contributed by atoms with van der Waals surface area (Å²) in [6, 6.07) is 7.90. The van der Waals surface area contributed by atoms with E-state index in [1.54, 1.807) is 0 Å². The molecule has 2 N–H and O–H groups in total. The molecule has 0 unspecified atom stereocenters. The summed E-state index contributed by atoms with van der Waals surface area (Å²) in [5.41, 5.74) is 1.91. The van der Waals surface area contributed by atoms with Gasteiger partial charge in [-0.05, 0) is 44.2 Å². The van der Waals surface area contributed by atoms with E-state index < -0.39 is 0 Å². The Morgan fingerprint density at radius 2 is 1.81 bits per heavy atom. The highest BCUT2D eigenvalue weighted by Gasteiger charge is 2.07. The molecule has 0 saturated carbocycles. The fourth-order valence-corrected chi connectivity index (χ4v) is 2.19. The van der Waals surface area contributed by atoms with E-state index in [1.807, 2.05) is 24.3 Å². The molecule has 0 aliphatic rings. The van der Waals surface area contributed by atoms with Gasteiger partial charge in [-0.1, -0.05) is 20.3 Å². The lowest BCUT2D eigenvalue weighted by atomic mass is 10.1. The Morgan fingerprint density at radius 1 is 1.10 bits per heavy atom. The standard InChI is InChI=1S/C17H29N3O/c1-4-7-14-20(6-3)16-10-8-15(9-11-16)17(21)19-13-12-18-5-2/h8-11,18H,4-7,12-14H2,1-3H3,(H,19,21). The first kappa shape index (κ1) is 17.5. The molecule has 1 aromatic carbocycles. The van der Waals surface area contributed by atoms with E-state index in [2.05, 4.69) is 36.3 Å². The first-order valence-corrected chi connectivity index (χ1v) is 8.06. The van der Waals surface area contributed by atoms with Gasteiger partial charge in [0, 0.05) is 37.4 Å². The number of anilines is 1. The van der Waals surface area contributed by atoms with E-state index in [0.717, 1.165) is 31.7 Å². The third-order valence-corrected chi connectivity index (χ3v) is 3.50. The van der Waals surface area contributed by atoms with Crippen LogP contribution in [-0.4, -0.2) is 38.6 Å². The van der Waals surface area contributed by atoms with Crippen LogP contribution in [0.5, 0.6) is 0 Å². The van der Waals surface area contributed by atoms with Gasteiger partial charge in [-0.25, -0.2) is 0 Å². The number of nitrogens with one attached hydrogen (secondary N) is 2. The summed E-state index contributed by atoms with van der Waals surface area (Å²) in [6.07, 6.45) is 2.39. The average molecular weight is 291 g/mol. The van der Waals surface area contributed by atoms with Crippen LogP contribution in [0.2, 0.25) is 0 Å². The second-order valence-electron chi connectivity index (χ2n) is 5.09. The molecule has 1 rings (SSSR count). The minimum atomic E-state index is -0.00365. The van der Waals surface area contributed by atoms with Crippen molar-refractivity contribution in [2.24, 2.45) is 0 Å². The number of nitrogens with zero attached hydrogens (tertiary/aromatic N) is 1. The number of carbonyl (C=O) groups excluding carboxylic acids is 1.